The molecule has 0 aliphatic rings. The van der Waals surface area contributed by atoms with E-state index in [1.807, 2.05) is 0 Å². The first-order valence-corrected chi connectivity index (χ1v) is 8.36. The number of phenolic OH excluding ortho intramolecular Hbond substituents is 1. The Morgan fingerprint density at radius 2 is 1.77 bits per heavy atom. The lowest BCUT2D eigenvalue weighted by Crippen LogP contribution is -2.14. The summed E-state index contributed by atoms with van der Waals surface area (Å²) in [4.78, 5) is 11.9. The van der Waals surface area contributed by atoms with Crippen molar-refractivity contribution < 1.29 is 18.3 Å². The van der Waals surface area contributed by atoms with Crippen LogP contribution >= 0.6 is 0 Å². The quantitative estimate of drug-likeness (QED) is 0.784. The number of carbonyl (C=O) groups is 1. The highest BCUT2D eigenvalue weighted by molar-refractivity contribution is 7.92. The normalized spacial score (nSPS) is 11.0. The molecule has 116 valence electrons. The summed E-state index contributed by atoms with van der Waals surface area (Å²) in [6.45, 7) is 0. The molecular formula is C15H16N2O4S. The van der Waals surface area contributed by atoms with Crippen molar-refractivity contribution in [3.63, 3.8) is 0 Å². The Labute approximate surface area is 128 Å². The number of sulfonamides is 1. The summed E-state index contributed by atoms with van der Waals surface area (Å²) < 4.78 is 24.5. The van der Waals surface area contributed by atoms with Gasteiger partial charge in [-0.25, -0.2) is 8.42 Å². The molecule has 0 radical (unpaired) electrons. The van der Waals surface area contributed by atoms with Gasteiger partial charge >= 0.3 is 0 Å². The lowest BCUT2D eigenvalue weighted by atomic mass is 10.1. The first-order chi connectivity index (χ1) is 10.3. The molecule has 3 N–H and O–H groups in total. The molecule has 2 rings (SSSR count). The summed E-state index contributed by atoms with van der Waals surface area (Å²) in [5, 5.41) is 12.0. The van der Waals surface area contributed by atoms with Gasteiger partial charge in [-0.2, -0.15) is 0 Å². The molecule has 2 aromatic carbocycles. The minimum Gasteiger partial charge on any atom is -0.508 e. The smallest absolute Gasteiger partial charge is 0.229 e. The van der Waals surface area contributed by atoms with E-state index in [4.69, 9.17) is 0 Å². The van der Waals surface area contributed by atoms with Crippen LogP contribution in [0, 0.1) is 0 Å². The monoisotopic (exact) mass is 320 g/mol. The van der Waals surface area contributed by atoms with Crippen LogP contribution in [-0.2, 0) is 21.2 Å². The topological polar surface area (TPSA) is 95.5 Å². The maximum Gasteiger partial charge on any atom is 0.229 e. The second kappa shape index (κ2) is 6.48. The minimum atomic E-state index is -3.31. The fourth-order valence-corrected chi connectivity index (χ4v) is 2.44. The molecule has 0 aromatic heterocycles. The summed E-state index contributed by atoms with van der Waals surface area (Å²) in [6, 6.07) is 12.8. The fraction of sp³-hybridized carbons (Fsp3) is 0.133. The van der Waals surface area contributed by atoms with E-state index in [-0.39, 0.29) is 18.1 Å². The highest BCUT2D eigenvalue weighted by atomic mass is 32.2. The van der Waals surface area contributed by atoms with Crippen molar-refractivity contribution in [1.82, 2.24) is 0 Å². The predicted molar refractivity (Wildman–Crippen MR) is 85.3 cm³/mol. The fourth-order valence-electron chi connectivity index (χ4n) is 1.88. The van der Waals surface area contributed by atoms with E-state index in [1.54, 1.807) is 36.4 Å². The number of hydrogen-bond donors (Lipinski definition) is 3. The van der Waals surface area contributed by atoms with Crippen molar-refractivity contribution in [3.8, 4) is 5.75 Å². The summed E-state index contributed by atoms with van der Waals surface area (Å²) >= 11 is 0. The second-order valence-electron chi connectivity index (χ2n) is 4.85. The van der Waals surface area contributed by atoms with Gasteiger partial charge in [0.2, 0.25) is 15.9 Å². The van der Waals surface area contributed by atoms with Crippen molar-refractivity contribution in [3.05, 3.63) is 54.1 Å². The molecule has 0 heterocycles. The zero-order chi connectivity index (χ0) is 16.2. The lowest BCUT2D eigenvalue weighted by molar-refractivity contribution is -0.115. The number of nitrogens with one attached hydrogen (secondary N) is 2. The summed E-state index contributed by atoms with van der Waals surface area (Å²) in [5.74, 6) is -0.150. The van der Waals surface area contributed by atoms with E-state index in [9.17, 15) is 18.3 Å². The van der Waals surface area contributed by atoms with Crippen molar-refractivity contribution in [1.29, 1.82) is 0 Å². The average Bonchev–Trinajstić information content (AvgIpc) is 2.39. The molecule has 2 aromatic rings. The number of rotatable bonds is 5. The first-order valence-electron chi connectivity index (χ1n) is 6.47. The molecule has 0 bridgehead atoms. The van der Waals surface area contributed by atoms with Crippen molar-refractivity contribution in [2.75, 3.05) is 16.3 Å². The van der Waals surface area contributed by atoms with Crippen LogP contribution in [0.5, 0.6) is 5.75 Å². The van der Waals surface area contributed by atoms with E-state index >= 15 is 0 Å². The molecule has 0 aliphatic heterocycles. The summed E-state index contributed by atoms with van der Waals surface area (Å²) in [6.07, 6.45) is 1.22. The number of anilines is 2. The minimum absolute atomic E-state index is 0.0778. The maximum atomic E-state index is 11.9. The summed E-state index contributed by atoms with van der Waals surface area (Å²) in [5.41, 5.74) is 1.71. The molecule has 0 atom stereocenters. The number of hydrogen-bond acceptors (Lipinski definition) is 4. The first kappa shape index (κ1) is 15.8. The SMILES string of the molecule is CS(=O)(=O)Nc1ccc(CC(=O)Nc2cccc(O)c2)cc1. The van der Waals surface area contributed by atoms with Crippen LogP contribution in [0.3, 0.4) is 0 Å². The van der Waals surface area contributed by atoms with Crippen LogP contribution in [0.15, 0.2) is 48.5 Å². The predicted octanol–water partition coefficient (Wildman–Crippen LogP) is 1.94. The van der Waals surface area contributed by atoms with Crippen molar-refractivity contribution in [2.45, 2.75) is 6.42 Å². The van der Waals surface area contributed by atoms with Gasteiger partial charge in [-0.3, -0.25) is 9.52 Å². The van der Waals surface area contributed by atoms with Gasteiger partial charge in [0.25, 0.3) is 0 Å². The third kappa shape index (κ3) is 5.10. The Hall–Kier alpha value is -2.54. The van der Waals surface area contributed by atoms with Gasteiger partial charge in [0, 0.05) is 17.4 Å². The third-order valence-electron chi connectivity index (χ3n) is 2.75. The Kier molecular flexibility index (Phi) is 4.67. The Bertz CT molecular complexity index is 770. The Morgan fingerprint density at radius 3 is 2.36 bits per heavy atom. The number of carbonyl (C=O) groups excluding carboxylic acids is 1. The van der Waals surface area contributed by atoms with Crippen LogP contribution in [-0.4, -0.2) is 25.7 Å². The van der Waals surface area contributed by atoms with Gasteiger partial charge < -0.3 is 10.4 Å². The van der Waals surface area contributed by atoms with Gasteiger partial charge in [-0.1, -0.05) is 18.2 Å². The van der Waals surface area contributed by atoms with Crippen LogP contribution in [0.4, 0.5) is 11.4 Å². The van der Waals surface area contributed by atoms with Gasteiger partial charge in [0.05, 0.1) is 12.7 Å². The molecule has 0 unspecified atom stereocenters. The molecule has 6 nitrogen and oxygen atoms in total. The van der Waals surface area contributed by atoms with Gasteiger partial charge in [-0.15, -0.1) is 0 Å². The Balaban J connectivity index is 1.97. The third-order valence-corrected chi connectivity index (χ3v) is 3.36. The molecular weight excluding hydrogens is 304 g/mol. The molecule has 22 heavy (non-hydrogen) atoms. The standard InChI is InChI=1S/C15H16N2O4S/c1-22(20,21)17-12-7-5-11(6-8-12)9-15(19)16-13-3-2-4-14(18)10-13/h2-8,10,17-18H,9H2,1H3,(H,16,19). The van der Waals surface area contributed by atoms with E-state index in [0.717, 1.165) is 11.8 Å². The van der Waals surface area contributed by atoms with Gasteiger partial charge in [0.15, 0.2) is 0 Å². The largest absolute Gasteiger partial charge is 0.508 e. The molecule has 0 saturated carbocycles. The maximum absolute atomic E-state index is 11.9. The second-order valence-corrected chi connectivity index (χ2v) is 6.59. The van der Waals surface area contributed by atoms with Crippen LogP contribution in [0.1, 0.15) is 5.56 Å². The zero-order valence-corrected chi connectivity index (χ0v) is 12.7. The number of aromatic hydroxyl groups is 1. The Morgan fingerprint density at radius 1 is 1.09 bits per heavy atom. The zero-order valence-electron chi connectivity index (χ0n) is 11.9. The van der Waals surface area contributed by atoms with Crippen LogP contribution < -0.4 is 10.0 Å². The number of phenols is 1. The molecule has 7 heteroatoms. The molecule has 0 fully saturated rings. The van der Waals surface area contributed by atoms with Crippen molar-refractivity contribution in [2.24, 2.45) is 0 Å². The van der Waals surface area contributed by atoms with Crippen LogP contribution in [0.2, 0.25) is 0 Å². The lowest BCUT2D eigenvalue weighted by Gasteiger charge is -2.07. The van der Waals surface area contributed by atoms with E-state index in [0.29, 0.717) is 11.4 Å². The summed E-state index contributed by atoms with van der Waals surface area (Å²) in [7, 11) is -3.31. The van der Waals surface area contributed by atoms with Gasteiger partial charge in [0.1, 0.15) is 5.75 Å². The molecule has 0 spiro atoms. The van der Waals surface area contributed by atoms with Crippen LogP contribution in [0.25, 0.3) is 0 Å². The highest BCUT2D eigenvalue weighted by Gasteiger charge is 2.06. The number of benzene rings is 2. The molecule has 1 amide bonds. The highest BCUT2D eigenvalue weighted by Crippen LogP contribution is 2.16. The average molecular weight is 320 g/mol. The molecule has 0 saturated heterocycles. The number of amides is 1. The van der Waals surface area contributed by atoms with E-state index < -0.39 is 10.0 Å². The van der Waals surface area contributed by atoms with E-state index in [1.165, 1.54) is 12.1 Å². The molecule has 0 aliphatic carbocycles. The van der Waals surface area contributed by atoms with Gasteiger partial charge in [-0.05, 0) is 29.8 Å². The van der Waals surface area contributed by atoms with E-state index in [2.05, 4.69) is 10.0 Å². The van der Waals surface area contributed by atoms with Crippen molar-refractivity contribution >= 4 is 27.3 Å².